The van der Waals surface area contributed by atoms with Crippen LogP contribution in [0.2, 0.25) is 0 Å². The van der Waals surface area contributed by atoms with Crippen LogP contribution in [0.15, 0.2) is 42.5 Å². The fourth-order valence-electron chi connectivity index (χ4n) is 3.52. The summed E-state index contributed by atoms with van der Waals surface area (Å²) in [7, 11) is -2.53. The van der Waals surface area contributed by atoms with Crippen molar-refractivity contribution in [3.63, 3.8) is 0 Å². The van der Waals surface area contributed by atoms with Gasteiger partial charge in [0.05, 0.1) is 19.1 Å². The molecule has 8 nitrogen and oxygen atoms in total. The molecule has 0 radical (unpaired) electrons. The van der Waals surface area contributed by atoms with Crippen LogP contribution in [0.5, 0.6) is 5.75 Å². The van der Waals surface area contributed by atoms with Gasteiger partial charge >= 0.3 is 0 Å². The summed E-state index contributed by atoms with van der Waals surface area (Å²) in [6.07, 6.45) is 1.14. The summed E-state index contributed by atoms with van der Waals surface area (Å²) in [6, 6.07) is 8.59. The van der Waals surface area contributed by atoms with E-state index in [4.69, 9.17) is 4.74 Å². The number of methoxy groups -OCH3 is 1. The molecule has 2 aromatic carbocycles. The van der Waals surface area contributed by atoms with Crippen LogP contribution in [0.4, 0.5) is 14.5 Å². The van der Waals surface area contributed by atoms with Crippen LogP contribution in [-0.4, -0.2) is 57.6 Å². The van der Waals surface area contributed by atoms with Gasteiger partial charge in [-0.2, -0.15) is 0 Å². The molecular formula is C25H33F2N3O5S. The molecule has 0 saturated carbocycles. The molecule has 36 heavy (non-hydrogen) atoms. The number of halogens is 2. The second-order valence-electron chi connectivity index (χ2n) is 8.80. The van der Waals surface area contributed by atoms with Gasteiger partial charge in [-0.05, 0) is 42.2 Å². The molecule has 0 saturated heterocycles. The van der Waals surface area contributed by atoms with E-state index in [9.17, 15) is 26.8 Å². The Balaban J connectivity index is 2.43. The van der Waals surface area contributed by atoms with E-state index in [0.29, 0.717) is 28.2 Å². The largest absolute Gasteiger partial charge is 0.497 e. The summed E-state index contributed by atoms with van der Waals surface area (Å²) < 4.78 is 58.2. The van der Waals surface area contributed by atoms with Gasteiger partial charge in [0.15, 0.2) is 11.6 Å². The summed E-state index contributed by atoms with van der Waals surface area (Å²) in [5.74, 6) is -2.64. The first-order valence-electron chi connectivity index (χ1n) is 11.5. The Kier molecular flexibility index (Phi) is 10.2. The molecule has 0 spiro atoms. The number of ether oxygens (including phenoxy) is 1. The van der Waals surface area contributed by atoms with E-state index < -0.39 is 40.2 Å². The zero-order chi connectivity index (χ0) is 27.0. The maximum Gasteiger partial charge on any atom is 0.244 e. The number of nitrogens with one attached hydrogen (secondary N) is 1. The summed E-state index contributed by atoms with van der Waals surface area (Å²) in [4.78, 5) is 27.8. The Labute approximate surface area is 211 Å². The standard InChI is InChI=1S/C25H33F2N3O5S/c1-6-23(25(32)28-14-17(2)3)29(15-18-7-10-20(35-4)11-8-18)24(31)16-30(36(5,33)34)19-9-12-21(26)22(27)13-19/h7-13,17,23H,6,14-16H2,1-5H3,(H,28,32)/t23-/m0/s1. The molecule has 1 N–H and O–H groups in total. The topological polar surface area (TPSA) is 96.0 Å². The SMILES string of the molecule is CC[C@@H](C(=O)NCC(C)C)N(Cc1ccc(OC)cc1)C(=O)CN(c1ccc(F)c(F)c1)S(C)(=O)=O. The van der Waals surface area contributed by atoms with Crippen molar-refractivity contribution in [3.05, 3.63) is 59.7 Å². The molecule has 0 fully saturated rings. The first-order chi connectivity index (χ1) is 16.9. The zero-order valence-corrected chi connectivity index (χ0v) is 21.9. The quantitative estimate of drug-likeness (QED) is 0.459. The summed E-state index contributed by atoms with van der Waals surface area (Å²) >= 11 is 0. The number of amides is 2. The molecular weight excluding hydrogens is 492 g/mol. The monoisotopic (exact) mass is 525 g/mol. The van der Waals surface area contributed by atoms with Gasteiger partial charge in [0.25, 0.3) is 0 Å². The van der Waals surface area contributed by atoms with Crippen molar-refractivity contribution >= 4 is 27.5 Å². The number of hydrogen-bond acceptors (Lipinski definition) is 5. The number of anilines is 1. The van der Waals surface area contributed by atoms with Gasteiger partial charge in [0, 0.05) is 19.2 Å². The summed E-state index contributed by atoms with van der Waals surface area (Å²) in [5.41, 5.74) is 0.490. The highest BCUT2D eigenvalue weighted by Crippen LogP contribution is 2.22. The minimum Gasteiger partial charge on any atom is -0.497 e. The van der Waals surface area contributed by atoms with Crippen molar-refractivity contribution in [1.29, 1.82) is 0 Å². The molecule has 0 aromatic heterocycles. The van der Waals surface area contributed by atoms with Gasteiger partial charge in [-0.3, -0.25) is 13.9 Å². The van der Waals surface area contributed by atoms with Crippen LogP contribution in [-0.2, 0) is 26.2 Å². The Morgan fingerprint density at radius 1 is 1.06 bits per heavy atom. The van der Waals surface area contributed by atoms with E-state index in [1.165, 1.54) is 12.0 Å². The van der Waals surface area contributed by atoms with Crippen LogP contribution >= 0.6 is 0 Å². The number of sulfonamides is 1. The first kappa shape index (κ1) is 29.0. The average molecular weight is 526 g/mol. The lowest BCUT2D eigenvalue weighted by molar-refractivity contribution is -0.140. The second-order valence-corrected chi connectivity index (χ2v) is 10.7. The van der Waals surface area contributed by atoms with Gasteiger partial charge in [0.2, 0.25) is 21.8 Å². The van der Waals surface area contributed by atoms with Gasteiger partial charge in [-0.25, -0.2) is 17.2 Å². The van der Waals surface area contributed by atoms with Crippen molar-refractivity contribution in [3.8, 4) is 5.75 Å². The molecule has 0 bridgehead atoms. The average Bonchev–Trinajstić information content (AvgIpc) is 2.82. The molecule has 2 rings (SSSR count). The molecule has 11 heteroatoms. The molecule has 2 amide bonds. The highest BCUT2D eigenvalue weighted by Gasteiger charge is 2.32. The third kappa shape index (κ3) is 7.91. The lowest BCUT2D eigenvalue weighted by atomic mass is 10.1. The molecule has 198 valence electrons. The molecule has 0 heterocycles. The number of rotatable bonds is 12. The fourth-order valence-corrected chi connectivity index (χ4v) is 4.37. The molecule has 1 atom stereocenters. The van der Waals surface area contributed by atoms with E-state index in [1.807, 2.05) is 13.8 Å². The minimum absolute atomic E-state index is 0.0197. The van der Waals surface area contributed by atoms with Gasteiger partial charge in [0.1, 0.15) is 18.3 Å². The Bertz CT molecular complexity index is 1160. The first-order valence-corrected chi connectivity index (χ1v) is 13.3. The predicted molar refractivity (Wildman–Crippen MR) is 134 cm³/mol. The van der Waals surface area contributed by atoms with E-state index in [1.54, 1.807) is 31.2 Å². The maximum atomic E-state index is 13.9. The van der Waals surface area contributed by atoms with Crippen LogP contribution < -0.4 is 14.4 Å². The van der Waals surface area contributed by atoms with E-state index in [2.05, 4.69) is 5.32 Å². The number of hydrogen-bond donors (Lipinski definition) is 1. The lowest BCUT2D eigenvalue weighted by Crippen LogP contribution is -2.52. The number of carbonyl (C=O) groups excluding carboxylic acids is 2. The highest BCUT2D eigenvalue weighted by atomic mass is 32.2. The summed E-state index contributed by atoms with van der Waals surface area (Å²) in [6.45, 7) is 5.35. The number of carbonyl (C=O) groups is 2. The van der Waals surface area contributed by atoms with Crippen molar-refractivity contribution in [2.24, 2.45) is 5.92 Å². The Morgan fingerprint density at radius 2 is 1.69 bits per heavy atom. The van der Waals surface area contributed by atoms with Crippen molar-refractivity contribution in [1.82, 2.24) is 10.2 Å². The highest BCUT2D eigenvalue weighted by molar-refractivity contribution is 7.92. The molecule has 0 aliphatic heterocycles. The molecule has 0 unspecified atom stereocenters. The van der Waals surface area contributed by atoms with E-state index in [-0.39, 0.29) is 30.5 Å². The molecule has 0 aliphatic carbocycles. The number of benzene rings is 2. The van der Waals surface area contributed by atoms with Crippen molar-refractivity contribution in [2.75, 3.05) is 30.8 Å². The lowest BCUT2D eigenvalue weighted by Gasteiger charge is -2.33. The summed E-state index contributed by atoms with van der Waals surface area (Å²) in [5, 5.41) is 2.83. The maximum absolute atomic E-state index is 13.9. The second kappa shape index (κ2) is 12.7. The zero-order valence-electron chi connectivity index (χ0n) is 21.1. The Hall–Kier alpha value is -3.21. The van der Waals surface area contributed by atoms with Gasteiger partial charge < -0.3 is 15.0 Å². The number of nitrogens with zero attached hydrogens (tertiary/aromatic N) is 2. The molecule has 2 aromatic rings. The normalized spacial score (nSPS) is 12.2. The van der Waals surface area contributed by atoms with Crippen molar-refractivity contribution in [2.45, 2.75) is 39.8 Å². The smallest absolute Gasteiger partial charge is 0.244 e. The van der Waals surface area contributed by atoms with Crippen LogP contribution in [0, 0.1) is 17.6 Å². The third-order valence-corrected chi connectivity index (χ3v) is 6.59. The Morgan fingerprint density at radius 3 is 2.19 bits per heavy atom. The van der Waals surface area contributed by atoms with Gasteiger partial charge in [-0.15, -0.1) is 0 Å². The fraction of sp³-hybridized carbons (Fsp3) is 0.440. The van der Waals surface area contributed by atoms with Gasteiger partial charge in [-0.1, -0.05) is 32.9 Å². The molecule has 0 aliphatic rings. The van der Waals surface area contributed by atoms with Crippen molar-refractivity contribution < 1.29 is 31.5 Å². The minimum atomic E-state index is -4.05. The van der Waals surface area contributed by atoms with E-state index in [0.717, 1.165) is 18.4 Å². The van der Waals surface area contributed by atoms with Crippen LogP contribution in [0.3, 0.4) is 0 Å². The third-order valence-electron chi connectivity index (χ3n) is 5.45. The van der Waals surface area contributed by atoms with Crippen LogP contribution in [0.1, 0.15) is 32.8 Å². The van der Waals surface area contributed by atoms with E-state index >= 15 is 0 Å². The van der Waals surface area contributed by atoms with Crippen LogP contribution in [0.25, 0.3) is 0 Å². The predicted octanol–water partition coefficient (Wildman–Crippen LogP) is 3.32.